The van der Waals surface area contributed by atoms with Crippen molar-refractivity contribution >= 4 is 23.0 Å². The van der Waals surface area contributed by atoms with E-state index < -0.39 is 0 Å². The highest BCUT2D eigenvalue weighted by atomic mass is 16.5. The van der Waals surface area contributed by atoms with Gasteiger partial charge >= 0.3 is 6.03 Å². The van der Waals surface area contributed by atoms with Crippen molar-refractivity contribution < 1.29 is 18.7 Å². The maximum absolute atomic E-state index is 12.6. The van der Waals surface area contributed by atoms with Crippen LogP contribution in [0.2, 0.25) is 0 Å². The first-order chi connectivity index (χ1) is 15.6. The van der Waals surface area contributed by atoms with E-state index in [2.05, 4.69) is 15.2 Å². The van der Waals surface area contributed by atoms with Crippen LogP contribution in [-0.2, 0) is 11.3 Å². The molecular formula is C23H33N5O4. The maximum atomic E-state index is 12.6. The zero-order valence-electron chi connectivity index (χ0n) is 19.0. The Balaban J connectivity index is 1.29. The predicted octanol–water partition coefficient (Wildman–Crippen LogP) is 2.32. The first-order valence-corrected chi connectivity index (χ1v) is 11.6. The molecule has 2 fully saturated rings. The molecule has 0 radical (unpaired) electrons. The summed E-state index contributed by atoms with van der Waals surface area (Å²) in [7, 11) is 0. The lowest BCUT2D eigenvalue weighted by atomic mass is 10.2. The maximum Gasteiger partial charge on any atom is 0.317 e. The van der Waals surface area contributed by atoms with Gasteiger partial charge < -0.3 is 24.3 Å². The second-order valence-corrected chi connectivity index (χ2v) is 8.35. The van der Waals surface area contributed by atoms with Crippen molar-refractivity contribution in [2.24, 2.45) is 0 Å². The summed E-state index contributed by atoms with van der Waals surface area (Å²) >= 11 is 0. The minimum atomic E-state index is -0.0209. The Kier molecular flexibility index (Phi) is 7.26. The number of carbonyl (C=O) groups is 2. The summed E-state index contributed by atoms with van der Waals surface area (Å²) in [4.78, 5) is 35.5. The van der Waals surface area contributed by atoms with Crippen LogP contribution in [0, 0.1) is 0 Å². The third-order valence-corrected chi connectivity index (χ3v) is 6.25. The van der Waals surface area contributed by atoms with Gasteiger partial charge in [-0.2, -0.15) is 0 Å². The number of fused-ring (bicyclic) bond motifs is 1. The third kappa shape index (κ3) is 5.21. The fourth-order valence-corrected chi connectivity index (χ4v) is 4.29. The van der Waals surface area contributed by atoms with E-state index in [0.717, 1.165) is 32.5 Å². The van der Waals surface area contributed by atoms with E-state index in [0.29, 0.717) is 61.8 Å². The van der Waals surface area contributed by atoms with Gasteiger partial charge in [-0.15, -0.1) is 0 Å². The van der Waals surface area contributed by atoms with Crippen molar-refractivity contribution in [3.05, 3.63) is 29.7 Å². The topological polar surface area (TPSA) is 91.2 Å². The van der Waals surface area contributed by atoms with Gasteiger partial charge in [0.1, 0.15) is 5.52 Å². The van der Waals surface area contributed by atoms with Crippen molar-refractivity contribution in [2.75, 3.05) is 52.4 Å². The summed E-state index contributed by atoms with van der Waals surface area (Å²) in [5.41, 5.74) is 2.01. The third-order valence-electron chi connectivity index (χ3n) is 6.25. The Hall–Kier alpha value is -2.65. The standard InChI is InChI=1S/C23H33N5O4/c1-3-27(4-2)22(29)17-7-8-20-19(14-17)25-21(32-20)16-26-9-11-28(12-10-26)23(30)24-15-18-6-5-13-31-18/h7-8,14,18H,3-6,9-13,15-16H2,1-2H3,(H,24,30). The van der Waals surface area contributed by atoms with E-state index in [-0.39, 0.29) is 18.0 Å². The fraction of sp³-hybridized carbons (Fsp3) is 0.609. The van der Waals surface area contributed by atoms with E-state index in [1.165, 1.54) is 0 Å². The van der Waals surface area contributed by atoms with Gasteiger partial charge in [-0.1, -0.05) is 0 Å². The fourth-order valence-electron chi connectivity index (χ4n) is 4.29. The molecule has 0 aliphatic carbocycles. The minimum Gasteiger partial charge on any atom is -0.439 e. The molecule has 9 nitrogen and oxygen atoms in total. The molecule has 2 saturated heterocycles. The number of ether oxygens (including phenoxy) is 1. The van der Waals surface area contributed by atoms with Crippen LogP contribution in [0.25, 0.3) is 11.1 Å². The molecule has 1 aromatic carbocycles. The number of carbonyl (C=O) groups excluding carboxylic acids is 2. The zero-order valence-corrected chi connectivity index (χ0v) is 19.0. The molecule has 4 rings (SSSR count). The van der Waals surface area contributed by atoms with Crippen LogP contribution in [0.5, 0.6) is 0 Å². The molecule has 3 amide bonds. The first kappa shape index (κ1) is 22.5. The van der Waals surface area contributed by atoms with Gasteiger partial charge in [0.15, 0.2) is 5.58 Å². The molecule has 2 aliphatic rings. The summed E-state index contributed by atoms with van der Waals surface area (Å²) in [5.74, 6) is 0.638. The zero-order chi connectivity index (χ0) is 22.5. The van der Waals surface area contributed by atoms with Crippen molar-refractivity contribution in [2.45, 2.75) is 39.3 Å². The lowest BCUT2D eigenvalue weighted by molar-refractivity contribution is 0.0773. The van der Waals surface area contributed by atoms with Crippen LogP contribution in [0.4, 0.5) is 4.79 Å². The van der Waals surface area contributed by atoms with E-state index in [1.807, 2.05) is 24.8 Å². The van der Waals surface area contributed by atoms with Gasteiger partial charge in [0.25, 0.3) is 5.91 Å². The molecule has 2 aliphatic heterocycles. The second kappa shape index (κ2) is 10.3. The van der Waals surface area contributed by atoms with Crippen LogP contribution < -0.4 is 5.32 Å². The average molecular weight is 444 g/mol. The predicted molar refractivity (Wildman–Crippen MR) is 120 cm³/mol. The molecule has 2 aromatic rings. The van der Waals surface area contributed by atoms with Crippen molar-refractivity contribution in [1.82, 2.24) is 25.0 Å². The minimum absolute atomic E-state index is 0.00958. The van der Waals surface area contributed by atoms with Gasteiger partial charge in [-0.05, 0) is 44.9 Å². The number of oxazole rings is 1. The number of nitrogens with one attached hydrogen (secondary N) is 1. The molecule has 0 saturated carbocycles. The molecule has 1 aromatic heterocycles. The van der Waals surface area contributed by atoms with Crippen LogP contribution in [0.15, 0.2) is 22.6 Å². The SMILES string of the molecule is CCN(CC)C(=O)c1ccc2oc(CN3CCN(C(=O)NCC4CCCO4)CC3)nc2c1. The Morgan fingerprint density at radius 3 is 2.66 bits per heavy atom. The van der Waals surface area contributed by atoms with E-state index in [1.54, 1.807) is 17.0 Å². The highest BCUT2D eigenvalue weighted by Gasteiger charge is 2.24. The lowest BCUT2D eigenvalue weighted by Gasteiger charge is -2.34. The summed E-state index contributed by atoms with van der Waals surface area (Å²) in [6.07, 6.45) is 2.24. The highest BCUT2D eigenvalue weighted by Crippen LogP contribution is 2.20. The van der Waals surface area contributed by atoms with E-state index in [9.17, 15) is 9.59 Å². The molecule has 0 bridgehead atoms. The number of aromatic nitrogens is 1. The first-order valence-electron chi connectivity index (χ1n) is 11.6. The lowest BCUT2D eigenvalue weighted by Crippen LogP contribution is -2.52. The van der Waals surface area contributed by atoms with Gasteiger partial charge in [0.05, 0.1) is 12.6 Å². The summed E-state index contributed by atoms with van der Waals surface area (Å²) in [6, 6.07) is 5.40. The Labute approximate surface area is 188 Å². The van der Waals surface area contributed by atoms with Crippen LogP contribution >= 0.6 is 0 Å². The second-order valence-electron chi connectivity index (χ2n) is 8.35. The molecule has 9 heteroatoms. The molecule has 32 heavy (non-hydrogen) atoms. The number of nitrogens with zero attached hydrogens (tertiary/aromatic N) is 4. The quantitative estimate of drug-likeness (QED) is 0.706. The van der Waals surface area contributed by atoms with E-state index in [4.69, 9.17) is 9.15 Å². The number of rotatable bonds is 7. The van der Waals surface area contributed by atoms with Gasteiger partial charge in [-0.25, -0.2) is 9.78 Å². The highest BCUT2D eigenvalue weighted by molar-refractivity contribution is 5.97. The van der Waals surface area contributed by atoms with Gasteiger partial charge in [0.2, 0.25) is 5.89 Å². The Bertz CT molecular complexity index is 928. The Morgan fingerprint density at radius 2 is 1.97 bits per heavy atom. The van der Waals surface area contributed by atoms with Gasteiger partial charge in [0, 0.05) is 58.0 Å². The largest absolute Gasteiger partial charge is 0.439 e. The molecule has 3 heterocycles. The van der Waals surface area contributed by atoms with Crippen LogP contribution in [-0.4, -0.2) is 90.1 Å². The number of urea groups is 1. The Morgan fingerprint density at radius 1 is 1.19 bits per heavy atom. The molecule has 1 atom stereocenters. The molecule has 0 spiro atoms. The van der Waals surface area contributed by atoms with Crippen molar-refractivity contribution in [1.29, 1.82) is 0 Å². The van der Waals surface area contributed by atoms with Gasteiger partial charge in [-0.3, -0.25) is 9.69 Å². The molecular weight excluding hydrogens is 410 g/mol. The van der Waals surface area contributed by atoms with Crippen molar-refractivity contribution in [3.8, 4) is 0 Å². The average Bonchev–Trinajstić information content (AvgIpc) is 3.47. The van der Waals surface area contributed by atoms with Crippen LogP contribution in [0.1, 0.15) is 42.9 Å². The van der Waals surface area contributed by atoms with Crippen LogP contribution in [0.3, 0.4) is 0 Å². The smallest absolute Gasteiger partial charge is 0.317 e. The molecule has 1 N–H and O–H groups in total. The van der Waals surface area contributed by atoms with Crippen molar-refractivity contribution in [3.63, 3.8) is 0 Å². The number of amides is 3. The summed E-state index contributed by atoms with van der Waals surface area (Å²) < 4.78 is 11.5. The summed E-state index contributed by atoms with van der Waals surface area (Å²) in [5, 5.41) is 2.99. The number of hydrogen-bond acceptors (Lipinski definition) is 6. The van der Waals surface area contributed by atoms with E-state index >= 15 is 0 Å². The number of piperazine rings is 1. The number of benzene rings is 1. The number of hydrogen-bond donors (Lipinski definition) is 1. The normalized spacial score (nSPS) is 19.4. The summed E-state index contributed by atoms with van der Waals surface area (Å²) in [6.45, 7) is 10.1. The molecule has 1 unspecified atom stereocenters. The monoisotopic (exact) mass is 443 g/mol. The molecule has 174 valence electrons.